The number of hydrogen-bond donors (Lipinski definition) is 0. The molecule has 9 heteroatoms. The van der Waals surface area contributed by atoms with E-state index in [4.69, 9.17) is 0 Å². The van der Waals surface area contributed by atoms with Crippen LogP contribution in [-0.2, 0) is 6.11 Å². The lowest BCUT2D eigenvalue weighted by molar-refractivity contribution is -0.187. The fourth-order valence-electron chi connectivity index (χ4n) is 4.30. The van der Waals surface area contributed by atoms with E-state index in [0.717, 1.165) is 50.7 Å². The zero-order chi connectivity index (χ0) is 24.2. The van der Waals surface area contributed by atoms with Crippen molar-refractivity contribution in [2.75, 3.05) is 0 Å². The third kappa shape index (κ3) is 6.32. The van der Waals surface area contributed by atoms with Crippen molar-refractivity contribution >= 4 is 0 Å². The number of hydrogen-bond acceptors (Lipinski definition) is 2. The highest BCUT2D eigenvalue weighted by Gasteiger charge is 2.38. The highest BCUT2D eigenvalue weighted by molar-refractivity contribution is 5.36. The van der Waals surface area contributed by atoms with Crippen LogP contribution >= 0.6 is 0 Å². The number of benzene rings is 2. The summed E-state index contributed by atoms with van der Waals surface area (Å²) in [7, 11) is 0. The molecule has 2 aromatic carbocycles. The first kappa shape index (κ1) is 25.2. The Morgan fingerprint density at radius 1 is 0.939 bits per heavy atom. The smallest absolute Gasteiger partial charge is 0.429 e. The van der Waals surface area contributed by atoms with Crippen molar-refractivity contribution in [3.05, 3.63) is 58.9 Å². The summed E-state index contributed by atoms with van der Waals surface area (Å²) in [5.41, 5.74) is -0.483. The summed E-state index contributed by atoms with van der Waals surface area (Å²) in [6, 6.07) is 3.88. The van der Waals surface area contributed by atoms with Crippen molar-refractivity contribution in [1.82, 2.24) is 0 Å². The molecule has 0 bridgehead atoms. The first-order valence-electron chi connectivity index (χ1n) is 10.9. The molecule has 0 unspecified atom stereocenters. The maximum Gasteiger partial charge on any atom is 0.429 e. The Kier molecular flexibility index (Phi) is 8.13. The third-order valence-electron chi connectivity index (χ3n) is 6.02. The Labute approximate surface area is 187 Å². The van der Waals surface area contributed by atoms with E-state index in [-0.39, 0.29) is 18.1 Å². The fourth-order valence-corrected chi connectivity index (χ4v) is 4.30. The van der Waals surface area contributed by atoms with Crippen LogP contribution in [0.15, 0.2) is 30.3 Å². The van der Waals surface area contributed by atoms with E-state index in [1.54, 1.807) is 0 Å². The van der Waals surface area contributed by atoms with E-state index >= 15 is 0 Å². The molecule has 0 radical (unpaired) electrons. The Morgan fingerprint density at radius 2 is 1.58 bits per heavy atom. The maximum absolute atomic E-state index is 14.6. The molecule has 1 aliphatic rings. The normalized spacial score (nSPS) is 19.1. The summed E-state index contributed by atoms with van der Waals surface area (Å²) in [6.45, 7) is -1.37. The fraction of sp³-hybridized carbons (Fsp3) is 0.500. The standard InChI is InChI=1S/C24H25F7O2/c1-2-3-4-14-5-7-15(8-6-14)16-9-10-18(19(25)11-16)24(30,31)33-17-12-20(26)22(21(27)13-17)32-23(28)29/h9-15,23H,2-8H2,1H3. The summed E-state index contributed by atoms with van der Waals surface area (Å²) in [5.74, 6) is -6.25. The van der Waals surface area contributed by atoms with Crippen molar-refractivity contribution in [2.45, 2.75) is 70.5 Å². The van der Waals surface area contributed by atoms with E-state index < -0.39 is 47.2 Å². The van der Waals surface area contributed by atoms with Crippen LogP contribution < -0.4 is 9.47 Å². The average molecular weight is 478 g/mol. The molecular weight excluding hydrogens is 453 g/mol. The minimum atomic E-state index is -4.26. The van der Waals surface area contributed by atoms with Gasteiger partial charge in [0, 0.05) is 12.1 Å². The predicted octanol–water partition coefficient (Wildman–Crippen LogP) is 8.30. The first-order valence-corrected chi connectivity index (χ1v) is 10.9. The second-order valence-electron chi connectivity index (χ2n) is 8.31. The van der Waals surface area contributed by atoms with Crippen molar-refractivity contribution < 1.29 is 40.2 Å². The molecule has 1 aliphatic carbocycles. The molecule has 0 spiro atoms. The van der Waals surface area contributed by atoms with Gasteiger partial charge in [-0.1, -0.05) is 32.3 Å². The van der Waals surface area contributed by atoms with Gasteiger partial charge in [-0.25, -0.2) is 13.2 Å². The van der Waals surface area contributed by atoms with Gasteiger partial charge < -0.3 is 9.47 Å². The number of halogens is 7. The van der Waals surface area contributed by atoms with Gasteiger partial charge in [-0.3, -0.25) is 0 Å². The van der Waals surface area contributed by atoms with Gasteiger partial charge in [-0.15, -0.1) is 0 Å². The molecule has 0 saturated heterocycles. The van der Waals surface area contributed by atoms with Crippen molar-refractivity contribution in [2.24, 2.45) is 5.92 Å². The van der Waals surface area contributed by atoms with Crippen LogP contribution in [0.2, 0.25) is 0 Å². The Balaban J connectivity index is 1.71. The molecule has 0 aliphatic heterocycles. The van der Waals surface area contributed by atoms with Gasteiger partial charge in [0.25, 0.3) is 0 Å². The van der Waals surface area contributed by atoms with Crippen LogP contribution in [0.25, 0.3) is 0 Å². The highest BCUT2D eigenvalue weighted by Crippen LogP contribution is 2.40. The summed E-state index contributed by atoms with van der Waals surface area (Å²) >= 11 is 0. The second kappa shape index (κ2) is 10.7. The Hall–Kier alpha value is -2.45. The first-order chi connectivity index (χ1) is 15.6. The minimum absolute atomic E-state index is 0.0755. The molecule has 0 N–H and O–H groups in total. The molecule has 0 amide bonds. The van der Waals surface area contributed by atoms with Gasteiger partial charge >= 0.3 is 12.7 Å². The Morgan fingerprint density at radius 3 is 2.12 bits per heavy atom. The van der Waals surface area contributed by atoms with Crippen LogP contribution in [0.4, 0.5) is 30.7 Å². The molecular formula is C24H25F7O2. The van der Waals surface area contributed by atoms with Crippen LogP contribution in [-0.4, -0.2) is 6.61 Å². The third-order valence-corrected chi connectivity index (χ3v) is 6.02. The van der Waals surface area contributed by atoms with Gasteiger partial charge in [-0.05, 0) is 55.2 Å². The summed E-state index contributed by atoms with van der Waals surface area (Å²) in [5, 5.41) is 0. The zero-order valence-electron chi connectivity index (χ0n) is 18.0. The SMILES string of the molecule is CCCCC1CCC(c2ccc(C(F)(F)Oc3cc(F)c(OC(F)F)c(F)c3)c(F)c2)CC1. The molecule has 182 valence electrons. The number of ether oxygens (including phenoxy) is 2. The van der Waals surface area contributed by atoms with Gasteiger partial charge in [0.05, 0.1) is 5.56 Å². The van der Waals surface area contributed by atoms with Crippen LogP contribution in [0.5, 0.6) is 11.5 Å². The average Bonchev–Trinajstić information content (AvgIpc) is 2.74. The quantitative estimate of drug-likeness (QED) is 0.338. The van der Waals surface area contributed by atoms with E-state index in [1.165, 1.54) is 12.5 Å². The molecule has 1 saturated carbocycles. The predicted molar refractivity (Wildman–Crippen MR) is 108 cm³/mol. The number of alkyl halides is 4. The van der Waals surface area contributed by atoms with Gasteiger partial charge in [0.1, 0.15) is 11.6 Å². The summed E-state index contributed by atoms with van der Waals surface area (Å²) in [4.78, 5) is 0. The molecule has 0 atom stereocenters. The number of rotatable bonds is 9. The molecule has 33 heavy (non-hydrogen) atoms. The zero-order valence-corrected chi connectivity index (χ0v) is 18.0. The summed E-state index contributed by atoms with van der Waals surface area (Å²) < 4.78 is 104. The molecule has 0 aromatic heterocycles. The molecule has 2 aromatic rings. The maximum atomic E-state index is 14.6. The molecule has 3 rings (SSSR count). The van der Waals surface area contributed by atoms with Crippen LogP contribution in [0.3, 0.4) is 0 Å². The topological polar surface area (TPSA) is 18.5 Å². The van der Waals surface area contributed by atoms with Crippen molar-refractivity contribution in [3.8, 4) is 11.5 Å². The van der Waals surface area contributed by atoms with Crippen LogP contribution in [0, 0.1) is 23.4 Å². The van der Waals surface area contributed by atoms with Gasteiger partial charge in [0.2, 0.25) is 0 Å². The number of unbranched alkanes of at least 4 members (excludes halogenated alkanes) is 1. The van der Waals surface area contributed by atoms with Gasteiger partial charge in [-0.2, -0.15) is 17.6 Å². The monoisotopic (exact) mass is 478 g/mol. The lowest BCUT2D eigenvalue weighted by atomic mass is 9.77. The van der Waals surface area contributed by atoms with Crippen molar-refractivity contribution in [3.63, 3.8) is 0 Å². The second-order valence-corrected chi connectivity index (χ2v) is 8.31. The molecule has 2 nitrogen and oxygen atoms in total. The lowest BCUT2D eigenvalue weighted by Crippen LogP contribution is -2.24. The summed E-state index contributed by atoms with van der Waals surface area (Å²) in [6.07, 6.45) is 2.93. The van der Waals surface area contributed by atoms with E-state index in [9.17, 15) is 30.7 Å². The van der Waals surface area contributed by atoms with E-state index in [2.05, 4.69) is 16.4 Å². The van der Waals surface area contributed by atoms with E-state index in [0.29, 0.717) is 11.5 Å². The van der Waals surface area contributed by atoms with Gasteiger partial charge in [0.15, 0.2) is 17.4 Å². The molecule has 0 heterocycles. The lowest BCUT2D eigenvalue weighted by Gasteiger charge is -2.29. The highest BCUT2D eigenvalue weighted by atomic mass is 19.3. The Bertz CT molecular complexity index is 917. The van der Waals surface area contributed by atoms with Crippen molar-refractivity contribution in [1.29, 1.82) is 0 Å². The van der Waals surface area contributed by atoms with E-state index in [1.807, 2.05) is 0 Å². The minimum Gasteiger partial charge on any atom is -0.429 e. The largest absolute Gasteiger partial charge is 0.429 e. The molecule has 1 fully saturated rings. The van der Waals surface area contributed by atoms with Crippen LogP contribution in [0.1, 0.15) is 68.9 Å².